The molecule has 9 heteroatoms. The summed E-state index contributed by atoms with van der Waals surface area (Å²) >= 11 is 3.88. The Labute approximate surface area is 249 Å². The fourth-order valence-electron chi connectivity index (χ4n) is 5.80. The third-order valence-corrected chi connectivity index (χ3v) is 20.4. The highest BCUT2D eigenvalue weighted by atomic mass is 79.9. The summed E-state index contributed by atoms with van der Waals surface area (Å²) in [5.41, 5.74) is 3.13. The number of halogens is 1. The molecule has 1 aliphatic rings. The van der Waals surface area contributed by atoms with Crippen LogP contribution in [0.5, 0.6) is 11.5 Å². The topological polar surface area (TPSA) is 55.4 Å². The van der Waals surface area contributed by atoms with Crippen molar-refractivity contribution in [3.63, 3.8) is 0 Å². The molecule has 1 atom stereocenters. The van der Waals surface area contributed by atoms with E-state index < -0.39 is 22.4 Å². The Hall–Kier alpha value is -0.426. The van der Waals surface area contributed by atoms with E-state index >= 15 is 0 Å². The van der Waals surface area contributed by atoms with Gasteiger partial charge in [0.05, 0.1) is 50.2 Å². The molecule has 6 nitrogen and oxygen atoms in total. The molecule has 0 amide bonds. The maximum Gasteiger partial charge on any atom is 0.201 e. The largest absolute Gasteiger partial charge is 0.496 e. The second kappa shape index (κ2) is 13.3. The summed E-state index contributed by atoms with van der Waals surface area (Å²) in [6.07, 6.45) is 0.191. The second-order valence-electron chi connectivity index (χ2n) is 13.5. The van der Waals surface area contributed by atoms with Crippen LogP contribution in [-0.4, -0.2) is 49.9 Å². The van der Waals surface area contributed by atoms with Gasteiger partial charge in [0, 0.05) is 6.42 Å². The highest BCUT2D eigenvalue weighted by Crippen LogP contribution is 2.52. The van der Waals surface area contributed by atoms with Crippen LogP contribution in [-0.2, 0) is 24.9 Å². The van der Waals surface area contributed by atoms with Gasteiger partial charge in [0.25, 0.3) is 0 Å². The monoisotopic (exact) mass is 646 g/mol. The molecule has 1 aromatic rings. The smallest absolute Gasteiger partial charge is 0.201 e. The Kier molecular flexibility index (Phi) is 11.8. The van der Waals surface area contributed by atoms with Crippen molar-refractivity contribution in [1.29, 1.82) is 0 Å². The number of methoxy groups -OCH3 is 2. The molecule has 1 saturated heterocycles. The molecule has 1 heterocycles. The molecule has 1 aromatic carbocycles. The molecule has 1 aliphatic heterocycles. The second-order valence-corrected chi connectivity index (χ2v) is 24.5. The molecule has 0 aromatic heterocycles. The summed E-state index contributed by atoms with van der Waals surface area (Å²) in [4.78, 5) is 0. The molecule has 0 radical (unpaired) electrons. The van der Waals surface area contributed by atoms with Gasteiger partial charge in [-0.2, -0.15) is 0 Å². The van der Waals surface area contributed by atoms with E-state index in [4.69, 9.17) is 27.8 Å². The Morgan fingerprint density at radius 3 is 1.87 bits per heavy atom. The zero-order chi connectivity index (χ0) is 30.0. The lowest BCUT2D eigenvalue weighted by Gasteiger charge is -2.46. The van der Waals surface area contributed by atoms with Crippen LogP contribution in [0.15, 0.2) is 10.5 Å². The fourth-order valence-corrected chi connectivity index (χ4v) is 12.9. The molecule has 0 N–H and O–H groups in total. The number of rotatable bonds is 13. The molecule has 0 spiro atoms. The van der Waals surface area contributed by atoms with Crippen LogP contribution in [0.25, 0.3) is 0 Å². The third-order valence-electron chi connectivity index (χ3n) is 8.95. The molecule has 1 fully saturated rings. The van der Waals surface area contributed by atoms with Gasteiger partial charge in [-0.25, -0.2) is 0 Å². The maximum atomic E-state index is 7.45. The van der Waals surface area contributed by atoms with E-state index in [2.05, 4.69) is 97.4 Å². The number of ether oxygens (including phenoxy) is 4. The van der Waals surface area contributed by atoms with Gasteiger partial charge in [-0.1, -0.05) is 62.3 Å². The van der Waals surface area contributed by atoms with Crippen molar-refractivity contribution in [3.8, 4) is 11.5 Å². The number of benzene rings is 1. The van der Waals surface area contributed by atoms with Crippen molar-refractivity contribution in [2.75, 3.05) is 27.4 Å². The van der Waals surface area contributed by atoms with E-state index in [-0.39, 0.29) is 11.1 Å². The van der Waals surface area contributed by atoms with Gasteiger partial charge < -0.3 is 27.8 Å². The summed E-state index contributed by atoms with van der Waals surface area (Å²) in [5, 5.41) is 0.113. The zero-order valence-electron chi connectivity index (χ0n) is 27.0. The molecular weight excluding hydrogens is 592 g/mol. The van der Waals surface area contributed by atoms with Crippen molar-refractivity contribution < 1.29 is 27.8 Å². The Balaban J connectivity index is 2.71. The first-order valence-electron chi connectivity index (χ1n) is 14.4. The Bertz CT molecular complexity index is 930. The van der Waals surface area contributed by atoms with Crippen molar-refractivity contribution in [3.05, 3.63) is 21.7 Å². The van der Waals surface area contributed by atoms with Crippen LogP contribution in [0.1, 0.15) is 92.9 Å². The molecule has 39 heavy (non-hydrogen) atoms. The summed E-state index contributed by atoms with van der Waals surface area (Å²) < 4.78 is 39.3. The highest BCUT2D eigenvalue weighted by Gasteiger charge is 2.49. The van der Waals surface area contributed by atoms with E-state index in [1.165, 1.54) is 0 Å². The van der Waals surface area contributed by atoms with Gasteiger partial charge >= 0.3 is 0 Å². The minimum Gasteiger partial charge on any atom is -0.496 e. The minimum absolute atomic E-state index is 0.113. The lowest BCUT2D eigenvalue weighted by molar-refractivity contribution is -0.162. The minimum atomic E-state index is -2.30. The average molecular weight is 648 g/mol. The molecular formula is C30H55BrO6Si2. The van der Waals surface area contributed by atoms with Gasteiger partial charge in [-0.05, 0) is 69.2 Å². The SMILES string of the molecule is COc1cc(CO[Si](C)(C)C(C)(C)C)c(Br)c(OC)c1C(CC1(C)OCCO1)O[Si](C(C)C)(C(C)C)C(C)C. The molecule has 226 valence electrons. The van der Waals surface area contributed by atoms with E-state index in [1.807, 2.05) is 6.92 Å². The third kappa shape index (κ3) is 7.51. The fraction of sp³-hybridized carbons (Fsp3) is 0.800. The first-order valence-corrected chi connectivity index (χ1v) is 20.2. The number of hydrogen-bond donors (Lipinski definition) is 0. The lowest BCUT2D eigenvalue weighted by Crippen LogP contribution is -2.49. The maximum absolute atomic E-state index is 7.45. The van der Waals surface area contributed by atoms with Gasteiger partial charge in [0.1, 0.15) is 11.5 Å². The Morgan fingerprint density at radius 1 is 0.949 bits per heavy atom. The summed E-state index contributed by atoms with van der Waals surface area (Å²) in [5.74, 6) is 0.700. The van der Waals surface area contributed by atoms with Gasteiger partial charge in [-0.3, -0.25) is 0 Å². The molecule has 0 aliphatic carbocycles. The van der Waals surface area contributed by atoms with Gasteiger partial charge in [0.2, 0.25) is 8.32 Å². The van der Waals surface area contributed by atoms with Crippen LogP contribution in [0.3, 0.4) is 0 Å². The average Bonchev–Trinajstić information content (AvgIpc) is 3.25. The van der Waals surface area contributed by atoms with Gasteiger partial charge in [0.15, 0.2) is 14.1 Å². The summed E-state index contributed by atoms with van der Waals surface area (Å²) in [6.45, 7) is 28.8. The zero-order valence-corrected chi connectivity index (χ0v) is 30.6. The molecule has 2 rings (SSSR count). The Morgan fingerprint density at radius 2 is 1.46 bits per heavy atom. The standard InChI is InChI=1S/C30H55BrO6Si2/c1-20(2)39(21(3)4,22(5)6)37-25(18-30(10)34-15-16-35-30)26-24(32-11)17-23(27(31)28(26)33-12)19-36-38(13,14)29(7,8)9/h17,20-22,25H,15-16,18-19H2,1-14H3. The quantitative estimate of drug-likeness (QED) is 0.199. The predicted octanol–water partition coefficient (Wildman–Crippen LogP) is 9.37. The van der Waals surface area contributed by atoms with Crippen LogP contribution >= 0.6 is 15.9 Å². The van der Waals surface area contributed by atoms with Crippen molar-refractivity contribution >= 4 is 32.6 Å². The molecule has 0 bridgehead atoms. The van der Waals surface area contributed by atoms with Gasteiger partial charge in [-0.15, -0.1) is 0 Å². The number of hydrogen-bond acceptors (Lipinski definition) is 6. The van der Waals surface area contributed by atoms with Crippen LogP contribution in [0.4, 0.5) is 0 Å². The highest BCUT2D eigenvalue weighted by molar-refractivity contribution is 9.10. The van der Waals surface area contributed by atoms with Crippen LogP contribution in [0, 0.1) is 0 Å². The van der Waals surface area contributed by atoms with Crippen LogP contribution < -0.4 is 9.47 Å². The van der Waals surface area contributed by atoms with E-state index in [0.29, 0.717) is 48.6 Å². The molecule has 1 unspecified atom stereocenters. The van der Waals surface area contributed by atoms with Crippen molar-refractivity contribution in [2.45, 2.75) is 129 Å². The first-order chi connectivity index (χ1) is 17.9. The summed E-state index contributed by atoms with van der Waals surface area (Å²) in [6, 6.07) is 2.08. The van der Waals surface area contributed by atoms with E-state index in [1.54, 1.807) is 14.2 Å². The normalized spacial score (nSPS) is 17.4. The van der Waals surface area contributed by atoms with Crippen molar-refractivity contribution in [2.24, 2.45) is 0 Å². The van der Waals surface area contributed by atoms with E-state index in [0.717, 1.165) is 21.3 Å². The first kappa shape index (κ1) is 34.8. The lowest BCUT2D eigenvalue weighted by atomic mass is 9.98. The van der Waals surface area contributed by atoms with E-state index in [9.17, 15) is 0 Å². The van der Waals surface area contributed by atoms with Crippen molar-refractivity contribution in [1.82, 2.24) is 0 Å². The predicted molar refractivity (Wildman–Crippen MR) is 169 cm³/mol. The summed E-state index contributed by atoms with van der Waals surface area (Å²) in [7, 11) is -0.837. The van der Waals surface area contributed by atoms with Crippen LogP contribution in [0.2, 0.25) is 34.8 Å². The molecule has 0 saturated carbocycles.